The highest BCUT2D eigenvalue weighted by Crippen LogP contribution is 2.25. The van der Waals surface area contributed by atoms with Gasteiger partial charge in [0.2, 0.25) is 0 Å². The highest BCUT2D eigenvalue weighted by Gasteiger charge is 2.03. The van der Waals surface area contributed by atoms with Crippen molar-refractivity contribution in [2.24, 2.45) is 0 Å². The van der Waals surface area contributed by atoms with Gasteiger partial charge in [0.15, 0.2) is 0 Å². The number of hydrogen-bond donors (Lipinski definition) is 1. The molecule has 0 aliphatic carbocycles. The average Bonchev–Trinajstić information content (AvgIpc) is 2.37. The Bertz CT molecular complexity index is 488. The summed E-state index contributed by atoms with van der Waals surface area (Å²) >= 11 is 0. The standard InChI is InChI=1S/C16H21N/c1-2-3-4-5-8-13-11-12-16(17)15-10-7-6-9-14(13)15/h6-7,9-12H,2-5,8,17H2,1H3. The zero-order valence-electron chi connectivity index (χ0n) is 10.6. The molecule has 2 aromatic carbocycles. The van der Waals surface area contributed by atoms with E-state index < -0.39 is 0 Å². The first kappa shape index (κ1) is 12.0. The molecule has 17 heavy (non-hydrogen) atoms. The normalized spacial score (nSPS) is 10.9. The maximum atomic E-state index is 6.00. The Balaban J connectivity index is 2.20. The largest absolute Gasteiger partial charge is 0.398 e. The predicted octanol–water partition coefficient (Wildman–Crippen LogP) is 4.54. The molecule has 90 valence electrons. The van der Waals surface area contributed by atoms with E-state index >= 15 is 0 Å². The lowest BCUT2D eigenvalue weighted by atomic mass is 9.98. The van der Waals surface area contributed by atoms with Crippen molar-refractivity contribution in [1.82, 2.24) is 0 Å². The third-order valence-electron chi connectivity index (χ3n) is 3.35. The van der Waals surface area contributed by atoms with E-state index in [1.54, 1.807) is 0 Å². The van der Waals surface area contributed by atoms with Crippen LogP contribution < -0.4 is 5.73 Å². The average molecular weight is 227 g/mol. The fourth-order valence-corrected chi connectivity index (χ4v) is 2.35. The summed E-state index contributed by atoms with van der Waals surface area (Å²) in [6.45, 7) is 2.25. The molecule has 0 heterocycles. The van der Waals surface area contributed by atoms with Gasteiger partial charge in [-0.1, -0.05) is 56.5 Å². The summed E-state index contributed by atoms with van der Waals surface area (Å²) in [7, 11) is 0. The van der Waals surface area contributed by atoms with Gasteiger partial charge in [0.25, 0.3) is 0 Å². The van der Waals surface area contributed by atoms with Crippen molar-refractivity contribution in [3.63, 3.8) is 0 Å². The number of nitrogen functional groups attached to an aromatic ring is 1. The Labute approximate surface area is 104 Å². The fourth-order valence-electron chi connectivity index (χ4n) is 2.35. The monoisotopic (exact) mass is 227 g/mol. The van der Waals surface area contributed by atoms with Gasteiger partial charge in [0.05, 0.1) is 0 Å². The molecule has 0 atom stereocenters. The number of unbranched alkanes of at least 4 members (excludes halogenated alkanes) is 3. The first-order valence-electron chi connectivity index (χ1n) is 6.59. The van der Waals surface area contributed by atoms with Crippen LogP contribution in [0.15, 0.2) is 36.4 Å². The van der Waals surface area contributed by atoms with E-state index in [0.29, 0.717) is 0 Å². The molecule has 0 spiro atoms. The molecule has 0 amide bonds. The topological polar surface area (TPSA) is 26.0 Å². The molecule has 2 rings (SSSR count). The molecule has 0 fully saturated rings. The van der Waals surface area contributed by atoms with Gasteiger partial charge in [0.1, 0.15) is 0 Å². The summed E-state index contributed by atoms with van der Waals surface area (Å²) < 4.78 is 0. The summed E-state index contributed by atoms with van der Waals surface area (Å²) in [5, 5.41) is 2.52. The molecule has 1 nitrogen and oxygen atoms in total. The van der Waals surface area contributed by atoms with Crippen molar-refractivity contribution in [1.29, 1.82) is 0 Å². The van der Waals surface area contributed by atoms with Crippen LogP contribution in [0.5, 0.6) is 0 Å². The Hall–Kier alpha value is -1.50. The van der Waals surface area contributed by atoms with Gasteiger partial charge in [-0.25, -0.2) is 0 Å². The van der Waals surface area contributed by atoms with Crippen LogP contribution in [-0.2, 0) is 6.42 Å². The summed E-state index contributed by atoms with van der Waals surface area (Å²) in [5.74, 6) is 0. The number of benzene rings is 2. The van der Waals surface area contributed by atoms with Crippen molar-refractivity contribution in [2.45, 2.75) is 39.0 Å². The number of rotatable bonds is 5. The van der Waals surface area contributed by atoms with Crippen LogP contribution in [0.1, 0.15) is 38.2 Å². The third kappa shape index (κ3) is 2.79. The lowest BCUT2D eigenvalue weighted by molar-refractivity contribution is 0.668. The van der Waals surface area contributed by atoms with Crippen LogP contribution >= 0.6 is 0 Å². The molecular formula is C16H21N. The summed E-state index contributed by atoms with van der Waals surface area (Å²) in [6, 6.07) is 12.7. The smallest absolute Gasteiger partial charge is 0.0393 e. The Morgan fingerprint density at radius 3 is 2.41 bits per heavy atom. The fraction of sp³-hybridized carbons (Fsp3) is 0.375. The maximum absolute atomic E-state index is 6.00. The zero-order valence-corrected chi connectivity index (χ0v) is 10.6. The van der Waals surface area contributed by atoms with Gasteiger partial charge < -0.3 is 5.73 Å². The quantitative estimate of drug-likeness (QED) is 0.588. The minimum Gasteiger partial charge on any atom is -0.398 e. The third-order valence-corrected chi connectivity index (χ3v) is 3.35. The van der Waals surface area contributed by atoms with Crippen molar-refractivity contribution < 1.29 is 0 Å². The van der Waals surface area contributed by atoms with E-state index in [9.17, 15) is 0 Å². The number of nitrogens with two attached hydrogens (primary N) is 1. The summed E-state index contributed by atoms with van der Waals surface area (Å²) in [4.78, 5) is 0. The first-order chi connectivity index (χ1) is 8.33. The van der Waals surface area contributed by atoms with Crippen molar-refractivity contribution in [3.05, 3.63) is 42.0 Å². The van der Waals surface area contributed by atoms with Gasteiger partial charge >= 0.3 is 0 Å². The zero-order chi connectivity index (χ0) is 12.1. The second-order valence-corrected chi connectivity index (χ2v) is 4.67. The van der Waals surface area contributed by atoms with Crippen LogP contribution in [0.3, 0.4) is 0 Å². The number of fused-ring (bicyclic) bond motifs is 1. The highest BCUT2D eigenvalue weighted by atomic mass is 14.5. The number of hydrogen-bond acceptors (Lipinski definition) is 1. The number of anilines is 1. The van der Waals surface area contributed by atoms with Crippen molar-refractivity contribution in [3.8, 4) is 0 Å². The van der Waals surface area contributed by atoms with E-state index in [1.165, 1.54) is 48.4 Å². The molecule has 0 aliphatic rings. The molecule has 1 heteroatoms. The van der Waals surface area contributed by atoms with Gasteiger partial charge in [-0.05, 0) is 29.9 Å². The van der Waals surface area contributed by atoms with Gasteiger partial charge in [0, 0.05) is 11.1 Å². The molecule has 0 aromatic heterocycles. The second-order valence-electron chi connectivity index (χ2n) is 4.67. The molecule has 0 saturated carbocycles. The van der Waals surface area contributed by atoms with Gasteiger partial charge in [-0.2, -0.15) is 0 Å². The molecule has 0 saturated heterocycles. The predicted molar refractivity (Wildman–Crippen MR) is 76.2 cm³/mol. The maximum Gasteiger partial charge on any atom is 0.0393 e. The lowest BCUT2D eigenvalue weighted by Crippen LogP contribution is -1.92. The highest BCUT2D eigenvalue weighted by molar-refractivity contribution is 5.95. The van der Waals surface area contributed by atoms with Crippen LogP contribution in [0, 0.1) is 0 Å². The minimum atomic E-state index is 0.887. The second kappa shape index (κ2) is 5.72. The van der Waals surface area contributed by atoms with E-state index in [1.807, 2.05) is 6.07 Å². The van der Waals surface area contributed by atoms with E-state index in [-0.39, 0.29) is 0 Å². The Kier molecular flexibility index (Phi) is 4.03. The molecule has 2 N–H and O–H groups in total. The molecule has 2 aromatic rings. The molecule has 0 radical (unpaired) electrons. The SMILES string of the molecule is CCCCCCc1ccc(N)c2ccccc12. The van der Waals surface area contributed by atoms with Gasteiger partial charge in [-0.3, -0.25) is 0 Å². The van der Waals surface area contributed by atoms with Gasteiger partial charge in [-0.15, -0.1) is 0 Å². The number of aryl methyl sites for hydroxylation is 1. The summed E-state index contributed by atoms with van der Waals surface area (Å²) in [6.07, 6.45) is 6.41. The van der Waals surface area contributed by atoms with E-state index in [2.05, 4.69) is 37.3 Å². The minimum absolute atomic E-state index is 0.887. The van der Waals surface area contributed by atoms with E-state index in [4.69, 9.17) is 5.73 Å². The van der Waals surface area contributed by atoms with E-state index in [0.717, 1.165) is 5.69 Å². The molecule has 0 bridgehead atoms. The Morgan fingerprint density at radius 1 is 0.882 bits per heavy atom. The first-order valence-corrected chi connectivity index (χ1v) is 6.59. The Morgan fingerprint density at radius 2 is 1.65 bits per heavy atom. The van der Waals surface area contributed by atoms with Crippen LogP contribution in [0.25, 0.3) is 10.8 Å². The van der Waals surface area contributed by atoms with Crippen LogP contribution in [0.2, 0.25) is 0 Å². The molecular weight excluding hydrogens is 206 g/mol. The summed E-state index contributed by atoms with van der Waals surface area (Å²) in [5.41, 5.74) is 8.32. The molecule has 0 aliphatic heterocycles. The van der Waals surface area contributed by atoms with Crippen molar-refractivity contribution in [2.75, 3.05) is 5.73 Å². The van der Waals surface area contributed by atoms with Crippen LogP contribution in [-0.4, -0.2) is 0 Å². The van der Waals surface area contributed by atoms with Crippen molar-refractivity contribution >= 4 is 16.5 Å². The molecule has 0 unspecified atom stereocenters. The van der Waals surface area contributed by atoms with Crippen LogP contribution in [0.4, 0.5) is 5.69 Å². The lowest BCUT2D eigenvalue weighted by Gasteiger charge is -2.08.